The molecule has 0 saturated carbocycles. The number of nitrogens with one attached hydrogen (secondary N) is 1. The molecule has 0 bridgehead atoms. The molecule has 114 valence electrons. The lowest BCUT2D eigenvalue weighted by molar-refractivity contribution is 0.184. The molecule has 0 saturated heterocycles. The third-order valence-corrected chi connectivity index (χ3v) is 3.08. The SMILES string of the molecule is COCCCCOc1ccc(C)cc1CNCC(C)C. The standard InChI is InChI=1S/C17H29NO2/c1-14(2)12-18-13-16-11-15(3)7-8-17(16)20-10-6-5-9-19-4/h7-8,11,14,18H,5-6,9-10,12-13H2,1-4H3. The van der Waals surface area contributed by atoms with E-state index in [0.717, 1.165) is 44.9 Å². The molecule has 0 atom stereocenters. The largest absolute Gasteiger partial charge is 0.493 e. The van der Waals surface area contributed by atoms with Crippen molar-refractivity contribution in [2.75, 3.05) is 26.9 Å². The Hall–Kier alpha value is -1.06. The zero-order valence-electron chi connectivity index (χ0n) is 13.4. The third-order valence-electron chi connectivity index (χ3n) is 3.08. The second-order valence-corrected chi connectivity index (χ2v) is 5.68. The first kappa shape index (κ1) is 17.0. The minimum absolute atomic E-state index is 0.665. The molecule has 0 aromatic heterocycles. The minimum Gasteiger partial charge on any atom is -0.493 e. The molecule has 0 aliphatic heterocycles. The van der Waals surface area contributed by atoms with Gasteiger partial charge in [0.05, 0.1) is 6.61 Å². The zero-order chi connectivity index (χ0) is 14.8. The highest BCUT2D eigenvalue weighted by Crippen LogP contribution is 2.20. The number of methoxy groups -OCH3 is 1. The Kier molecular flexibility index (Phi) is 8.31. The van der Waals surface area contributed by atoms with E-state index in [1.54, 1.807) is 7.11 Å². The van der Waals surface area contributed by atoms with Crippen LogP contribution in [0.4, 0.5) is 0 Å². The molecule has 0 aliphatic carbocycles. The summed E-state index contributed by atoms with van der Waals surface area (Å²) in [6.07, 6.45) is 2.07. The molecule has 0 aliphatic rings. The third kappa shape index (κ3) is 6.92. The van der Waals surface area contributed by atoms with Crippen molar-refractivity contribution >= 4 is 0 Å². The summed E-state index contributed by atoms with van der Waals surface area (Å²) in [4.78, 5) is 0. The van der Waals surface area contributed by atoms with Crippen LogP contribution in [0, 0.1) is 12.8 Å². The van der Waals surface area contributed by atoms with E-state index in [1.807, 2.05) is 0 Å². The molecule has 3 heteroatoms. The monoisotopic (exact) mass is 279 g/mol. The van der Waals surface area contributed by atoms with Crippen LogP contribution in [0.5, 0.6) is 5.75 Å². The van der Waals surface area contributed by atoms with Crippen molar-refractivity contribution in [3.8, 4) is 5.75 Å². The first-order valence-electron chi connectivity index (χ1n) is 7.55. The smallest absolute Gasteiger partial charge is 0.123 e. The van der Waals surface area contributed by atoms with Crippen molar-refractivity contribution < 1.29 is 9.47 Å². The summed E-state index contributed by atoms with van der Waals surface area (Å²) in [5.74, 6) is 1.67. The van der Waals surface area contributed by atoms with Crippen LogP contribution in [-0.4, -0.2) is 26.9 Å². The second-order valence-electron chi connectivity index (χ2n) is 5.68. The molecular formula is C17H29NO2. The molecule has 0 fully saturated rings. The molecule has 1 rings (SSSR count). The van der Waals surface area contributed by atoms with Gasteiger partial charge in [0.15, 0.2) is 0 Å². The topological polar surface area (TPSA) is 30.5 Å². The Morgan fingerprint density at radius 2 is 1.90 bits per heavy atom. The van der Waals surface area contributed by atoms with Gasteiger partial charge in [0.2, 0.25) is 0 Å². The molecule has 1 N–H and O–H groups in total. The van der Waals surface area contributed by atoms with Gasteiger partial charge >= 0.3 is 0 Å². The van der Waals surface area contributed by atoms with E-state index in [0.29, 0.717) is 5.92 Å². The number of rotatable bonds is 10. The van der Waals surface area contributed by atoms with Crippen LogP contribution in [0.1, 0.15) is 37.8 Å². The molecule has 0 radical (unpaired) electrons. The van der Waals surface area contributed by atoms with Crippen LogP contribution in [0.15, 0.2) is 18.2 Å². The van der Waals surface area contributed by atoms with Crippen LogP contribution < -0.4 is 10.1 Å². The molecule has 3 nitrogen and oxygen atoms in total. The fraction of sp³-hybridized carbons (Fsp3) is 0.647. The van der Waals surface area contributed by atoms with E-state index < -0.39 is 0 Å². The number of aryl methyl sites for hydroxylation is 1. The van der Waals surface area contributed by atoms with Gasteiger partial charge in [-0.15, -0.1) is 0 Å². The summed E-state index contributed by atoms with van der Waals surface area (Å²) in [6, 6.07) is 6.40. The summed E-state index contributed by atoms with van der Waals surface area (Å²) >= 11 is 0. The predicted octanol–water partition coefficient (Wildman–Crippen LogP) is 3.55. The lowest BCUT2D eigenvalue weighted by Crippen LogP contribution is -2.19. The summed E-state index contributed by atoms with van der Waals surface area (Å²) in [5.41, 5.74) is 2.52. The molecule has 0 unspecified atom stereocenters. The van der Waals surface area contributed by atoms with Crippen molar-refractivity contribution in [1.29, 1.82) is 0 Å². The van der Waals surface area contributed by atoms with Crippen molar-refractivity contribution in [1.82, 2.24) is 5.32 Å². The lowest BCUT2D eigenvalue weighted by atomic mass is 10.1. The van der Waals surface area contributed by atoms with E-state index >= 15 is 0 Å². The van der Waals surface area contributed by atoms with Gasteiger partial charge in [-0.3, -0.25) is 0 Å². The summed E-state index contributed by atoms with van der Waals surface area (Å²) in [7, 11) is 1.74. The fourth-order valence-corrected chi connectivity index (χ4v) is 2.01. The second kappa shape index (κ2) is 9.78. The lowest BCUT2D eigenvalue weighted by Gasteiger charge is -2.14. The van der Waals surface area contributed by atoms with E-state index in [-0.39, 0.29) is 0 Å². The summed E-state index contributed by atoms with van der Waals surface area (Å²) in [6.45, 7) is 10.0. The molecule has 1 aromatic carbocycles. The Morgan fingerprint density at radius 1 is 1.15 bits per heavy atom. The Balaban J connectivity index is 2.47. The van der Waals surface area contributed by atoms with E-state index in [4.69, 9.17) is 9.47 Å². The predicted molar refractivity (Wildman–Crippen MR) is 84.3 cm³/mol. The highest BCUT2D eigenvalue weighted by molar-refractivity contribution is 5.36. The summed E-state index contributed by atoms with van der Waals surface area (Å²) in [5, 5.41) is 3.48. The van der Waals surface area contributed by atoms with Crippen molar-refractivity contribution in [3.05, 3.63) is 29.3 Å². The van der Waals surface area contributed by atoms with Crippen LogP contribution in [0.3, 0.4) is 0 Å². The number of hydrogen-bond acceptors (Lipinski definition) is 3. The molecule has 20 heavy (non-hydrogen) atoms. The maximum atomic E-state index is 5.90. The van der Waals surface area contributed by atoms with Crippen LogP contribution in [-0.2, 0) is 11.3 Å². The van der Waals surface area contributed by atoms with Gasteiger partial charge in [0, 0.05) is 25.8 Å². The van der Waals surface area contributed by atoms with Gasteiger partial charge in [-0.05, 0) is 38.3 Å². The Labute approximate surface area is 123 Å². The number of ether oxygens (including phenoxy) is 2. The van der Waals surface area contributed by atoms with E-state index in [1.165, 1.54) is 11.1 Å². The fourth-order valence-electron chi connectivity index (χ4n) is 2.01. The maximum Gasteiger partial charge on any atom is 0.123 e. The average Bonchev–Trinajstić information content (AvgIpc) is 2.40. The quantitative estimate of drug-likeness (QED) is 0.664. The Morgan fingerprint density at radius 3 is 2.60 bits per heavy atom. The van der Waals surface area contributed by atoms with E-state index in [9.17, 15) is 0 Å². The molecule has 0 amide bonds. The first-order chi connectivity index (χ1) is 9.63. The molecule has 0 heterocycles. The van der Waals surface area contributed by atoms with E-state index in [2.05, 4.69) is 44.3 Å². The molecular weight excluding hydrogens is 250 g/mol. The number of hydrogen-bond donors (Lipinski definition) is 1. The van der Waals surface area contributed by atoms with Crippen LogP contribution in [0.2, 0.25) is 0 Å². The average molecular weight is 279 g/mol. The number of unbranched alkanes of at least 4 members (excludes halogenated alkanes) is 1. The van der Waals surface area contributed by atoms with Gasteiger partial charge in [0.25, 0.3) is 0 Å². The van der Waals surface area contributed by atoms with Gasteiger partial charge in [-0.2, -0.15) is 0 Å². The minimum atomic E-state index is 0.665. The molecule has 1 aromatic rings. The van der Waals surface area contributed by atoms with Crippen LogP contribution in [0.25, 0.3) is 0 Å². The molecule has 0 spiro atoms. The van der Waals surface area contributed by atoms with Crippen molar-refractivity contribution in [2.45, 2.75) is 40.2 Å². The Bertz CT molecular complexity index is 377. The van der Waals surface area contributed by atoms with Crippen LogP contribution >= 0.6 is 0 Å². The van der Waals surface area contributed by atoms with Gasteiger partial charge in [-0.25, -0.2) is 0 Å². The van der Waals surface area contributed by atoms with Gasteiger partial charge < -0.3 is 14.8 Å². The number of benzene rings is 1. The van der Waals surface area contributed by atoms with Gasteiger partial charge in [0.1, 0.15) is 5.75 Å². The van der Waals surface area contributed by atoms with Crippen molar-refractivity contribution in [2.24, 2.45) is 5.92 Å². The zero-order valence-corrected chi connectivity index (χ0v) is 13.4. The normalized spacial score (nSPS) is 11.1. The van der Waals surface area contributed by atoms with Gasteiger partial charge in [-0.1, -0.05) is 31.5 Å². The maximum absolute atomic E-state index is 5.90. The highest BCUT2D eigenvalue weighted by Gasteiger charge is 2.04. The summed E-state index contributed by atoms with van der Waals surface area (Å²) < 4.78 is 10.9. The van der Waals surface area contributed by atoms with Crippen molar-refractivity contribution in [3.63, 3.8) is 0 Å². The highest BCUT2D eigenvalue weighted by atomic mass is 16.5. The first-order valence-corrected chi connectivity index (χ1v) is 7.55.